The van der Waals surface area contributed by atoms with Gasteiger partial charge in [-0.3, -0.25) is 9.78 Å². The van der Waals surface area contributed by atoms with Crippen molar-refractivity contribution in [3.63, 3.8) is 0 Å². The summed E-state index contributed by atoms with van der Waals surface area (Å²) in [5.41, 5.74) is 1.51. The lowest BCUT2D eigenvalue weighted by Crippen LogP contribution is -2.27. The van der Waals surface area contributed by atoms with Crippen molar-refractivity contribution in [2.75, 3.05) is 13.1 Å². The smallest absolute Gasteiger partial charge is 0.267 e. The van der Waals surface area contributed by atoms with Gasteiger partial charge >= 0.3 is 0 Å². The summed E-state index contributed by atoms with van der Waals surface area (Å²) in [6.07, 6.45) is 4.40. The molecule has 0 saturated carbocycles. The molecule has 0 bridgehead atoms. The van der Waals surface area contributed by atoms with E-state index < -0.39 is 0 Å². The summed E-state index contributed by atoms with van der Waals surface area (Å²) in [5.74, 6) is -0.212. The number of nitrogens with one attached hydrogen (secondary N) is 3. The van der Waals surface area contributed by atoms with Crippen molar-refractivity contribution >= 4 is 29.1 Å². The number of hydrogen-bond acceptors (Lipinski definition) is 3. The molecule has 0 spiro atoms. The van der Waals surface area contributed by atoms with E-state index in [0.717, 1.165) is 25.1 Å². The number of halogens is 2. The molecule has 2 rings (SSSR count). The standard InChI is InChI=1S/C14H16Cl2N4O/c15-11-7-12(20-13(11)16)14(21)19-6-2-5-18-9-10-3-1-4-17-8-10/h1,3-4,7-8,18,20H,2,5-6,9H2,(H,19,21). The van der Waals surface area contributed by atoms with Gasteiger partial charge < -0.3 is 15.6 Å². The number of rotatable bonds is 7. The Bertz CT molecular complexity index is 566. The third-order valence-corrected chi connectivity index (χ3v) is 3.53. The molecule has 0 aliphatic carbocycles. The van der Waals surface area contributed by atoms with Gasteiger partial charge in [0, 0.05) is 25.5 Å². The maximum absolute atomic E-state index is 11.8. The van der Waals surface area contributed by atoms with Crippen LogP contribution >= 0.6 is 23.2 Å². The van der Waals surface area contributed by atoms with Gasteiger partial charge in [-0.15, -0.1) is 0 Å². The summed E-state index contributed by atoms with van der Waals surface area (Å²) in [7, 11) is 0. The van der Waals surface area contributed by atoms with Crippen LogP contribution in [0.1, 0.15) is 22.5 Å². The van der Waals surface area contributed by atoms with Crippen LogP contribution < -0.4 is 10.6 Å². The predicted molar refractivity (Wildman–Crippen MR) is 83.7 cm³/mol. The Kier molecular flexibility index (Phi) is 6.04. The lowest BCUT2D eigenvalue weighted by atomic mass is 10.3. The molecular weight excluding hydrogens is 311 g/mol. The minimum atomic E-state index is -0.212. The van der Waals surface area contributed by atoms with Gasteiger partial charge in [0.25, 0.3) is 5.91 Å². The van der Waals surface area contributed by atoms with E-state index in [1.165, 1.54) is 6.07 Å². The van der Waals surface area contributed by atoms with Gasteiger partial charge in [-0.05, 0) is 30.7 Å². The summed E-state index contributed by atoms with van der Waals surface area (Å²) in [6, 6.07) is 5.43. The zero-order valence-electron chi connectivity index (χ0n) is 11.3. The number of aromatic nitrogens is 2. The van der Waals surface area contributed by atoms with E-state index in [0.29, 0.717) is 17.3 Å². The minimum Gasteiger partial charge on any atom is -0.351 e. The van der Waals surface area contributed by atoms with Crippen LogP contribution in [-0.2, 0) is 6.54 Å². The molecular formula is C14H16Cl2N4O. The molecule has 2 aromatic heterocycles. The molecule has 112 valence electrons. The van der Waals surface area contributed by atoms with Crippen LogP contribution in [0.15, 0.2) is 30.6 Å². The molecule has 0 aliphatic rings. The highest BCUT2D eigenvalue weighted by molar-refractivity contribution is 6.41. The highest BCUT2D eigenvalue weighted by atomic mass is 35.5. The average molecular weight is 327 g/mol. The van der Waals surface area contributed by atoms with E-state index in [2.05, 4.69) is 20.6 Å². The molecule has 3 N–H and O–H groups in total. The molecule has 0 aromatic carbocycles. The summed E-state index contributed by atoms with van der Waals surface area (Å²) >= 11 is 11.5. The second kappa shape index (κ2) is 8.02. The average Bonchev–Trinajstić information content (AvgIpc) is 2.83. The Morgan fingerprint density at radius 3 is 2.86 bits per heavy atom. The summed E-state index contributed by atoms with van der Waals surface area (Å²) in [5, 5.41) is 6.71. The topological polar surface area (TPSA) is 69.8 Å². The van der Waals surface area contributed by atoms with E-state index in [-0.39, 0.29) is 11.1 Å². The quantitative estimate of drug-likeness (QED) is 0.685. The molecule has 2 aromatic rings. The van der Waals surface area contributed by atoms with Crippen LogP contribution in [0.25, 0.3) is 0 Å². The maximum Gasteiger partial charge on any atom is 0.267 e. The summed E-state index contributed by atoms with van der Waals surface area (Å²) in [4.78, 5) is 18.5. The normalized spacial score (nSPS) is 10.6. The number of carbonyl (C=O) groups is 1. The molecule has 0 saturated heterocycles. The molecule has 21 heavy (non-hydrogen) atoms. The van der Waals surface area contributed by atoms with Gasteiger partial charge in [0.2, 0.25) is 0 Å². The van der Waals surface area contributed by atoms with Crippen molar-refractivity contribution in [1.82, 2.24) is 20.6 Å². The van der Waals surface area contributed by atoms with Gasteiger partial charge in [0.1, 0.15) is 10.8 Å². The molecule has 0 atom stereocenters. The van der Waals surface area contributed by atoms with Gasteiger partial charge in [-0.25, -0.2) is 0 Å². The lowest BCUT2D eigenvalue weighted by molar-refractivity contribution is 0.0949. The van der Waals surface area contributed by atoms with Crippen LogP contribution in [-0.4, -0.2) is 29.0 Å². The fourth-order valence-electron chi connectivity index (χ4n) is 1.77. The molecule has 0 unspecified atom stereocenters. The van der Waals surface area contributed by atoms with Crippen molar-refractivity contribution in [2.45, 2.75) is 13.0 Å². The zero-order chi connectivity index (χ0) is 15.1. The molecule has 0 aliphatic heterocycles. The van der Waals surface area contributed by atoms with Gasteiger partial charge in [-0.2, -0.15) is 0 Å². The molecule has 5 nitrogen and oxygen atoms in total. The van der Waals surface area contributed by atoms with Crippen molar-refractivity contribution < 1.29 is 4.79 Å². The zero-order valence-corrected chi connectivity index (χ0v) is 12.8. The first-order chi connectivity index (χ1) is 10.2. The van der Waals surface area contributed by atoms with Crippen LogP contribution in [0.2, 0.25) is 10.2 Å². The van der Waals surface area contributed by atoms with E-state index in [1.807, 2.05) is 18.3 Å². The van der Waals surface area contributed by atoms with Crippen molar-refractivity contribution in [3.05, 3.63) is 52.0 Å². The van der Waals surface area contributed by atoms with Crippen molar-refractivity contribution in [2.24, 2.45) is 0 Å². The Hall–Kier alpha value is -1.56. The molecule has 7 heteroatoms. The number of pyridine rings is 1. The monoisotopic (exact) mass is 326 g/mol. The predicted octanol–water partition coefficient (Wildman–Crippen LogP) is 2.63. The molecule has 0 radical (unpaired) electrons. The number of amides is 1. The van der Waals surface area contributed by atoms with E-state index in [4.69, 9.17) is 23.2 Å². The third-order valence-electron chi connectivity index (χ3n) is 2.84. The fourth-order valence-corrected chi connectivity index (χ4v) is 2.09. The van der Waals surface area contributed by atoms with Crippen molar-refractivity contribution in [3.8, 4) is 0 Å². The molecule has 2 heterocycles. The Labute approximate surface area is 133 Å². The second-order valence-corrected chi connectivity index (χ2v) is 5.28. The van der Waals surface area contributed by atoms with Crippen LogP contribution in [0.5, 0.6) is 0 Å². The lowest BCUT2D eigenvalue weighted by Gasteiger charge is -2.06. The first-order valence-corrected chi connectivity index (χ1v) is 7.34. The number of carbonyl (C=O) groups excluding carboxylic acids is 1. The van der Waals surface area contributed by atoms with Crippen LogP contribution in [0.3, 0.4) is 0 Å². The number of aromatic amines is 1. The Balaban J connectivity index is 1.60. The molecule has 1 amide bonds. The number of nitrogens with zero attached hydrogens (tertiary/aromatic N) is 1. The van der Waals surface area contributed by atoms with Crippen LogP contribution in [0, 0.1) is 0 Å². The molecule has 0 fully saturated rings. The number of H-pyrrole nitrogens is 1. The summed E-state index contributed by atoms with van der Waals surface area (Å²) in [6.45, 7) is 2.15. The highest BCUT2D eigenvalue weighted by Crippen LogP contribution is 2.21. The largest absolute Gasteiger partial charge is 0.351 e. The third kappa shape index (κ3) is 5.04. The van der Waals surface area contributed by atoms with Gasteiger partial charge in [0.15, 0.2) is 0 Å². The SMILES string of the molecule is O=C(NCCCNCc1cccnc1)c1cc(Cl)c(Cl)[nH]1. The maximum atomic E-state index is 11.8. The van der Waals surface area contributed by atoms with Gasteiger partial charge in [0.05, 0.1) is 5.02 Å². The first-order valence-electron chi connectivity index (χ1n) is 6.58. The minimum absolute atomic E-state index is 0.212. The van der Waals surface area contributed by atoms with Crippen molar-refractivity contribution in [1.29, 1.82) is 0 Å². The first kappa shape index (κ1) is 15.8. The fraction of sp³-hybridized carbons (Fsp3) is 0.286. The second-order valence-electron chi connectivity index (χ2n) is 4.49. The van der Waals surface area contributed by atoms with E-state index in [9.17, 15) is 4.79 Å². The summed E-state index contributed by atoms with van der Waals surface area (Å²) < 4.78 is 0. The number of hydrogen-bond donors (Lipinski definition) is 3. The Morgan fingerprint density at radius 1 is 1.33 bits per heavy atom. The van der Waals surface area contributed by atoms with Gasteiger partial charge in [-0.1, -0.05) is 29.3 Å². The highest BCUT2D eigenvalue weighted by Gasteiger charge is 2.10. The van der Waals surface area contributed by atoms with E-state index in [1.54, 1.807) is 6.20 Å². The Morgan fingerprint density at radius 2 is 2.19 bits per heavy atom. The van der Waals surface area contributed by atoms with E-state index >= 15 is 0 Å². The van der Waals surface area contributed by atoms with Crippen LogP contribution in [0.4, 0.5) is 0 Å².